The largest absolute Gasteiger partial charge is 0.456 e. The van der Waals surface area contributed by atoms with Crippen LogP contribution in [0.25, 0.3) is 119 Å². The summed E-state index contributed by atoms with van der Waals surface area (Å²) in [6, 6.07) is 56.0. The summed E-state index contributed by atoms with van der Waals surface area (Å²) >= 11 is 3.51. The average molecular weight is 766 g/mol. The van der Waals surface area contributed by atoms with E-state index in [1.54, 1.807) is 22.7 Å². The fraction of sp³-hybridized carbons (Fsp3) is 0. The van der Waals surface area contributed by atoms with Crippen LogP contribution in [0.3, 0.4) is 0 Å². The molecule has 0 atom stereocenters. The summed E-state index contributed by atoms with van der Waals surface area (Å²) in [7, 11) is 0. The molecule has 0 unspecified atom stereocenters. The molecule has 57 heavy (non-hydrogen) atoms. The van der Waals surface area contributed by atoms with Gasteiger partial charge in [0.1, 0.15) is 11.2 Å². The van der Waals surface area contributed by atoms with E-state index < -0.39 is 0 Å². The normalized spacial score (nSPS) is 11.9. The lowest BCUT2D eigenvalue weighted by atomic mass is 9.99. The van der Waals surface area contributed by atoms with Crippen LogP contribution in [0.15, 0.2) is 168 Å². The Balaban J connectivity index is 1.15. The molecule has 5 heterocycles. The zero-order valence-electron chi connectivity index (χ0n) is 30.0. The predicted molar refractivity (Wildman–Crippen MR) is 236 cm³/mol. The van der Waals surface area contributed by atoms with Gasteiger partial charge >= 0.3 is 0 Å². The Bertz CT molecular complexity index is 3480. The van der Waals surface area contributed by atoms with E-state index in [1.165, 1.54) is 20.2 Å². The average Bonchev–Trinajstić information content (AvgIpc) is 3.98. The maximum atomic E-state index is 6.67. The lowest BCUT2D eigenvalue weighted by molar-refractivity contribution is 0.669. The van der Waals surface area contributed by atoms with E-state index in [0.717, 1.165) is 75.8 Å². The van der Waals surface area contributed by atoms with Crippen molar-refractivity contribution in [2.45, 2.75) is 0 Å². The molecule has 0 radical (unpaired) electrons. The van der Waals surface area contributed by atoms with Gasteiger partial charge in [0, 0.05) is 68.8 Å². The third-order valence-electron chi connectivity index (χ3n) is 10.6. The molecule has 0 bridgehead atoms. The van der Waals surface area contributed by atoms with Gasteiger partial charge in [-0.2, -0.15) is 0 Å². The summed E-state index contributed by atoms with van der Waals surface area (Å²) in [5, 5.41) is 5.45. The number of nitrogens with zero attached hydrogens (tertiary/aromatic N) is 5. The van der Waals surface area contributed by atoms with Gasteiger partial charge in [0.15, 0.2) is 23.3 Å². The number of hydrogen-bond acceptors (Lipinski definition) is 8. The Labute approximate surface area is 333 Å². The first-order chi connectivity index (χ1) is 28.2. The number of hydrogen-bond donors (Lipinski definition) is 0. The van der Waals surface area contributed by atoms with Crippen LogP contribution in [0.1, 0.15) is 0 Å². The Morgan fingerprint density at radius 2 is 0.860 bits per heavy atom. The van der Waals surface area contributed by atoms with E-state index >= 15 is 0 Å². The minimum absolute atomic E-state index is 0.567. The fourth-order valence-electron chi connectivity index (χ4n) is 8.00. The minimum atomic E-state index is 0.567. The highest BCUT2D eigenvalue weighted by atomic mass is 32.1. The van der Waals surface area contributed by atoms with E-state index in [1.807, 2.05) is 78.9 Å². The van der Waals surface area contributed by atoms with Gasteiger partial charge in [-0.05, 0) is 30.3 Å². The van der Waals surface area contributed by atoms with Gasteiger partial charge in [0.2, 0.25) is 0 Å². The summed E-state index contributed by atoms with van der Waals surface area (Å²) in [6.45, 7) is 0. The molecule has 8 heteroatoms. The van der Waals surface area contributed by atoms with Crippen LogP contribution >= 0.6 is 22.7 Å². The lowest BCUT2D eigenvalue weighted by Crippen LogP contribution is -2.00. The Hall–Kier alpha value is -7.13. The molecular formula is C49H27N5OS2. The molecular weight excluding hydrogens is 739 g/mol. The monoisotopic (exact) mass is 765 g/mol. The lowest BCUT2D eigenvalue weighted by Gasteiger charge is -2.11. The van der Waals surface area contributed by atoms with Crippen LogP contribution in [-0.2, 0) is 0 Å². The third-order valence-corrected chi connectivity index (χ3v) is 13.0. The van der Waals surface area contributed by atoms with Crippen LogP contribution in [0, 0.1) is 0 Å². The smallest absolute Gasteiger partial charge is 0.164 e. The molecule has 12 aromatic rings. The van der Waals surface area contributed by atoms with Crippen molar-refractivity contribution in [3.63, 3.8) is 0 Å². The Morgan fingerprint density at radius 1 is 0.351 bits per heavy atom. The maximum Gasteiger partial charge on any atom is 0.164 e. The van der Waals surface area contributed by atoms with Crippen molar-refractivity contribution in [2.75, 3.05) is 0 Å². The zero-order valence-corrected chi connectivity index (χ0v) is 31.7. The number of furan rings is 1. The van der Waals surface area contributed by atoms with E-state index in [2.05, 4.69) is 84.9 Å². The van der Waals surface area contributed by atoms with Gasteiger partial charge in [-0.3, -0.25) is 0 Å². The van der Waals surface area contributed by atoms with Gasteiger partial charge in [0.25, 0.3) is 0 Å². The van der Waals surface area contributed by atoms with Crippen molar-refractivity contribution >= 4 is 85.1 Å². The predicted octanol–water partition coefficient (Wildman–Crippen LogP) is 13.6. The molecule has 0 spiro atoms. The second-order valence-corrected chi connectivity index (χ2v) is 16.1. The number of rotatable bonds is 5. The van der Waals surface area contributed by atoms with Crippen molar-refractivity contribution in [1.82, 2.24) is 24.9 Å². The second kappa shape index (κ2) is 12.7. The van der Waals surface area contributed by atoms with E-state index in [9.17, 15) is 0 Å². The first kappa shape index (κ1) is 32.1. The van der Waals surface area contributed by atoms with E-state index in [0.29, 0.717) is 23.3 Å². The van der Waals surface area contributed by atoms with Crippen molar-refractivity contribution < 1.29 is 4.42 Å². The molecule has 0 saturated carbocycles. The summed E-state index contributed by atoms with van der Waals surface area (Å²) < 4.78 is 11.3. The topological polar surface area (TPSA) is 77.6 Å². The summed E-state index contributed by atoms with van der Waals surface area (Å²) in [4.78, 5) is 26.1. The highest BCUT2D eigenvalue weighted by Gasteiger charge is 2.24. The van der Waals surface area contributed by atoms with E-state index in [4.69, 9.17) is 29.3 Å². The van der Waals surface area contributed by atoms with Crippen LogP contribution in [0.4, 0.5) is 0 Å². The SMILES string of the molecule is c1ccc(-c2nc(-c3ccccc3)nc(-c3cccc4oc5cccc(-c6nc(-c7cccc8c7sc7ccccc78)nc7c6sc6ccccc67)c5c34)n2)cc1. The highest BCUT2D eigenvalue weighted by Crippen LogP contribution is 2.46. The summed E-state index contributed by atoms with van der Waals surface area (Å²) in [6.07, 6.45) is 0. The van der Waals surface area contributed by atoms with Crippen LogP contribution in [0.2, 0.25) is 0 Å². The Kier molecular flexibility index (Phi) is 7.17. The highest BCUT2D eigenvalue weighted by molar-refractivity contribution is 7.26. The van der Waals surface area contributed by atoms with Crippen molar-refractivity contribution in [2.24, 2.45) is 0 Å². The Morgan fingerprint density at radius 3 is 1.58 bits per heavy atom. The summed E-state index contributed by atoms with van der Waals surface area (Å²) in [5.74, 6) is 2.47. The number of fused-ring (bicyclic) bond motifs is 9. The van der Waals surface area contributed by atoms with Gasteiger partial charge in [-0.25, -0.2) is 24.9 Å². The third kappa shape index (κ3) is 5.12. The van der Waals surface area contributed by atoms with Crippen LogP contribution < -0.4 is 0 Å². The molecule has 0 aliphatic rings. The molecule has 0 saturated heterocycles. The zero-order chi connectivity index (χ0) is 37.5. The quantitative estimate of drug-likeness (QED) is 0.174. The summed E-state index contributed by atoms with van der Waals surface area (Å²) in [5.41, 5.74) is 7.97. The molecule has 0 N–H and O–H groups in total. The molecule has 5 aromatic heterocycles. The van der Waals surface area contributed by atoms with Crippen LogP contribution in [0.5, 0.6) is 0 Å². The first-order valence-electron chi connectivity index (χ1n) is 18.7. The molecule has 6 nitrogen and oxygen atoms in total. The standard InChI is InChI=1S/C49H27N5OS2/c1-3-14-28(15-4-1)46-52-47(29-16-5-2-6-17-29)54-48(53-46)34-22-13-25-37-41(34)40-33(21-12-24-36(40)55-37)43-45-42(32-19-8-10-27-39(32)57-45)50-49(51-43)35-23-11-20-31-30-18-7-9-26-38(30)56-44(31)35/h1-27H. The maximum absolute atomic E-state index is 6.67. The van der Waals surface area contributed by atoms with Gasteiger partial charge in [-0.1, -0.05) is 133 Å². The minimum Gasteiger partial charge on any atom is -0.456 e. The second-order valence-electron chi connectivity index (χ2n) is 14.0. The molecule has 0 fully saturated rings. The number of aromatic nitrogens is 5. The molecule has 12 rings (SSSR count). The van der Waals surface area contributed by atoms with Gasteiger partial charge in [-0.15, -0.1) is 22.7 Å². The molecule has 7 aromatic carbocycles. The van der Waals surface area contributed by atoms with Gasteiger partial charge < -0.3 is 4.42 Å². The van der Waals surface area contributed by atoms with Gasteiger partial charge in [0.05, 0.1) is 15.9 Å². The van der Waals surface area contributed by atoms with Crippen molar-refractivity contribution in [3.05, 3.63) is 164 Å². The van der Waals surface area contributed by atoms with Crippen molar-refractivity contribution in [3.8, 4) is 56.8 Å². The number of thiophene rings is 2. The molecule has 0 amide bonds. The van der Waals surface area contributed by atoms with Crippen LogP contribution in [-0.4, -0.2) is 24.9 Å². The first-order valence-corrected chi connectivity index (χ1v) is 20.3. The molecule has 0 aliphatic heterocycles. The van der Waals surface area contributed by atoms with Crippen molar-refractivity contribution in [1.29, 1.82) is 0 Å². The van der Waals surface area contributed by atoms with E-state index in [-0.39, 0.29) is 0 Å². The fourth-order valence-corrected chi connectivity index (χ4v) is 10.4. The number of benzene rings is 7. The molecule has 266 valence electrons. The molecule has 0 aliphatic carbocycles.